The Bertz CT molecular complexity index is 928. The molecule has 0 saturated heterocycles. The normalized spacial score (nSPS) is 22.2. The standard InChI is InChI=1S/C20H23ClN4O2/c1-10-16(21)12(5-6-24-10)17-18-14(20(2,9-27-18)19(23)26)7-15(25-17)13(8-22)11-3-4-11/h5-7,11,13H,3-4,8-9,22H2,1-2H3,(H2,23,26)/t13-,20-/m0/s1. The first kappa shape index (κ1) is 18.2. The van der Waals surface area contributed by atoms with Crippen molar-refractivity contribution in [2.24, 2.45) is 17.4 Å². The Morgan fingerprint density at radius 1 is 1.48 bits per heavy atom. The Balaban J connectivity index is 1.97. The molecule has 1 saturated carbocycles. The summed E-state index contributed by atoms with van der Waals surface area (Å²) in [5, 5.41) is 0.524. The van der Waals surface area contributed by atoms with Gasteiger partial charge in [0.25, 0.3) is 0 Å². The lowest BCUT2D eigenvalue weighted by atomic mass is 9.82. The Kier molecular flexibility index (Phi) is 4.35. The van der Waals surface area contributed by atoms with Crippen LogP contribution in [-0.2, 0) is 10.2 Å². The second-order valence-electron chi connectivity index (χ2n) is 7.69. The number of hydrogen-bond donors (Lipinski definition) is 2. The van der Waals surface area contributed by atoms with E-state index in [1.165, 1.54) is 0 Å². The van der Waals surface area contributed by atoms with E-state index >= 15 is 0 Å². The maximum atomic E-state index is 12.2. The van der Waals surface area contributed by atoms with Crippen molar-refractivity contribution < 1.29 is 9.53 Å². The SMILES string of the molecule is Cc1nccc(-c2nc([C@@H](CN)C3CC3)cc3c2OC[C@]3(C)C(N)=O)c1Cl. The highest BCUT2D eigenvalue weighted by atomic mass is 35.5. The number of ether oxygens (including phenoxy) is 1. The molecule has 2 aliphatic rings. The third-order valence-corrected chi connectivity index (χ3v) is 6.26. The van der Waals surface area contributed by atoms with Gasteiger partial charge in [-0.05, 0) is 44.7 Å². The summed E-state index contributed by atoms with van der Waals surface area (Å²) in [5.74, 6) is 0.829. The molecule has 4 N–H and O–H groups in total. The molecular weight excluding hydrogens is 364 g/mol. The largest absolute Gasteiger partial charge is 0.489 e. The van der Waals surface area contributed by atoms with Crippen LogP contribution in [0.2, 0.25) is 5.02 Å². The van der Waals surface area contributed by atoms with Crippen molar-refractivity contribution in [3.05, 3.63) is 40.3 Å². The van der Waals surface area contributed by atoms with Crippen LogP contribution in [0.1, 0.15) is 42.6 Å². The van der Waals surface area contributed by atoms with E-state index in [9.17, 15) is 4.79 Å². The molecule has 0 radical (unpaired) electrons. The average Bonchev–Trinajstić information content (AvgIpc) is 3.41. The number of carbonyl (C=O) groups is 1. The molecule has 2 atom stereocenters. The smallest absolute Gasteiger partial charge is 0.231 e. The van der Waals surface area contributed by atoms with E-state index in [1.54, 1.807) is 6.20 Å². The highest BCUT2D eigenvalue weighted by Gasteiger charge is 2.45. The molecule has 1 aliphatic heterocycles. The maximum Gasteiger partial charge on any atom is 0.231 e. The van der Waals surface area contributed by atoms with E-state index in [-0.39, 0.29) is 12.5 Å². The van der Waals surface area contributed by atoms with Crippen LogP contribution in [0.25, 0.3) is 11.3 Å². The van der Waals surface area contributed by atoms with E-state index in [0.717, 1.165) is 29.7 Å². The average molecular weight is 387 g/mol. The number of pyridine rings is 2. The van der Waals surface area contributed by atoms with Gasteiger partial charge in [-0.2, -0.15) is 0 Å². The topological polar surface area (TPSA) is 104 Å². The van der Waals surface area contributed by atoms with Gasteiger partial charge in [0.15, 0.2) is 0 Å². The summed E-state index contributed by atoms with van der Waals surface area (Å²) in [7, 11) is 0. The van der Waals surface area contributed by atoms with Gasteiger partial charge >= 0.3 is 0 Å². The minimum atomic E-state index is -0.904. The van der Waals surface area contributed by atoms with Gasteiger partial charge in [0.1, 0.15) is 23.5 Å². The van der Waals surface area contributed by atoms with Crippen molar-refractivity contribution in [3.63, 3.8) is 0 Å². The lowest BCUT2D eigenvalue weighted by molar-refractivity contribution is -0.123. The number of rotatable bonds is 5. The molecule has 4 rings (SSSR count). The highest BCUT2D eigenvalue weighted by molar-refractivity contribution is 6.33. The summed E-state index contributed by atoms with van der Waals surface area (Å²) >= 11 is 6.53. The van der Waals surface area contributed by atoms with E-state index in [0.29, 0.717) is 34.6 Å². The third kappa shape index (κ3) is 2.87. The molecule has 3 heterocycles. The number of aromatic nitrogens is 2. The number of amides is 1. The summed E-state index contributed by atoms with van der Waals surface area (Å²) in [5.41, 5.74) is 14.6. The molecule has 1 amide bonds. The van der Waals surface area contributed by atoms with Crippen LogP contribution < -0.4 is 16.2 Å². The van der Waals surface area contributed by atoms with Crippen LogP contribution in [0.3, 0.4) is 0 Å². The molecule has 1 aliphatic carbocycles. The molecule has 1 fully saturated rings. The minimum Gasteiger partial charge on any atom is -0.489 e. The fraction of sp³-hybridized carbons (Fsp3) is 0.450. The fourth-order valence-electron chi connectivity index (χ4n) is 3.76. The molecule has 0 spiro atoms. The zero-order valence-electron chi connectivity index (χ0n) is 15.5. The highest BCUT2D eigenvalue weighted by Crippen LogP contribution is 2.49. The molecule has 0 unspecified atom stereocenters. The van der Waals surface area contributed by atoms with Crippen molar-refractivity contribution in [3.8, 4) is 17.0 Å². The van der Waals surface area contributed by atoms with Gasteiger partial charge in [-0.25, -0.2) is 4.98 Å². The Hall–Kier alpha value is -2.18. The number of nitrogens with two attached hydrogens (primary N) is 2. The van der Waals surface area contributed by atoms with E-state index in [1.807, 2.05) is 26.0 Å². The monoisotopic (exact) mass is 386 g/mol. The first-order chi connectivity index (χ1) is 12.9. The number of nitrogens with zero attached hydrogens (tertiary/aromatic N) is 2. The van der Waals surface area contributed by atoms with Crippen LogP contribution >= 0.6 is 11.6 Å². The molecule has 27 heavy (non-hydrogen) atoms. The Morgan fingerprint density at radius 2 is 2.22 bits per heavy atom. The third-order valence-electron chi connectivity index (χ3n) is 5.78. The van der Waals surface area contributed by atoms with Crippen molar-refractivity contribution in [1.29, 1.82) is 0 Å². The number of fused-ring (bicyclic) bond motifs is 1. The quantitative estimate of drug-likeness (QED) is 0.822. The summed E-state index contributed by atoms with van der Waals surface area (Å²) < 4.78 is 5.93. The van der Waals surface area contributed by atoms with Crippen molar-refractivity contribution in [2.45, 2.75) is 38.0 Å². The lowest BCUT2D eigenvalue weighted by Gasteiger charge is -2.21. The van der Waals surface area contributed by atoms with Gasteiger partial charge in [0, 0.05) is 35.5 Å². The zero-order valence-corrected chi connectivity index (χ0v) is 16.2. The first-order valence-electron chi connectivity index (χ1n) is 9.16. The van der Waals surface area contributed by atoms with Crippen LogP contribution in [0.15, 0.2) is 18.3 Å². The lowest BCUT2D eigenvalue weighted by Crippen LogP contribution is -2.39. The molecule has 142 valence electrons. The van der Waals surface area contributed by atoms with Crippen molar-refractivity contribution in [2.75, 3.05) is 13.2 Å². The fourth-order valence-corrected chi connectivity index (χ4v) is 3.97. The van der Waals surface area contributed by atoms with E-state index < -0.39 is 11.3 Å². The molecule has 7 heteroatoms. The van der Waals surface area contributed by atoms with E-state index in [4.69, 9.17) is 32.8 Å². The molecule has 6 nitrogen and oxygen atoms in total. The van der Waals surface area contributed by atoms with Crippen LogP contribution in [0.4, 0.5) is 0 Å². The second-order valence-corrected chi connectivity index (χ2v) is 8.07. The van der Waals surface area contributed by atoms with Gasteiger partial charge < -0.3 is 16.2 Å². The summed E-state index contributed by atoms with van der Waals surface area (Å²) in [6.45, 7) is 4.35. The van der Waals surface area contributed by atoms with Crippen LogP contribution in [-0.4, -0.2) is 29.0 Å². The van der Waals surface area contributed by atoms with Crippen LogP contribution in [0, 0.1) is 12.8 Å². The molecule has 2 aromatic rings. The van der Waals surface area contributed by atoms with Gasteiger partial charge in [-0.3, -0.25) is 9.78 Å². The van der Waals surface area contributed by atoms with Gasteiger partial charge in [0.05, 0.1) is 10.7 Å². The van der Waals surface area contributed by atoms with Gasteiger partial charge in [0.2, 0.25) is 5.91 Å². The minimum absolute atomic E-state index is 0.147. The van der Waals surface area contributed by atoms with Crippen molar-refractivity contribution in [1.82, 2.24) is 9.97 Å². The first-order valence-corrected chi connectivity index (χ1v) is 9.54. The Labute approximate surface area is 163 Å². The molecule has 0 bridgehead atoms. The number of carbonyl (C=O) groups excluding carboxylic acids is 1. The second kappa shape index (κ2) is 6.46. The number of primary amides is 1. The van der Waals surface area contributed by atoms with E-state index in [2.05, 4.69) is 4.98 Å². The number of aryl methyl sites for hydroxylation is 1. The molecule has 2 aromatic heterocycles. The molecular formula is C20H23ClN4O2. The zero-order chi connectivity index (χ0) is 19.3. The van der Waals surface area contributed by atoms with Crippen molar-refractivity contribution >= 4 is 17.5 Å². The van der Waals surface area contributed by atoms with Gasteiger partial charge in [-0.1, -0.05) is 11.6 Å². The Morgan fingerprint density at radius 3 is 2.85 bits per heavy atom. The van der Waals surface area contributed by atoms with Crippen LogP contribution in [0.5, 0.6) is 5.75 Å². The summed E-state index contributed by atoms with van der Waals surface area (Å²) in [6.07, 6.45) is 3.99. The maximum absolute atomic E-state index is 12.2. The summed E-state index contributed by atoms with van der Waals surface area (Å²) in [6, 6.07) is 3.77. The predicted octanol–water partition coefficient (Wildman–Crippen LogP) is 2.69. The summed E-state index contributed by atoms with van der Waals surface area (Å²) in [4.78, 5) is 21.3. The number of hydrogen-bond acceptors (Lipinski definition) is 5. The predicted molar refractivity (Wildman–Crippen MR) is 104 cm³/mol. The molecule has 0 aromatic carbocycles. The van der Waals surface area contributed by atoms with Gasteiger partial charge in [-0.15, -0.1) is 0 Å². The number of halogens is 1.